The van der Waals surface area contributed by atoms with Crippen molar-refractivity contribution in [2.75, 3.05) is 18.0 Å². The Morgan fingerprint density at radius 1 is 1.03 bits per heavy atom. The summed E-state index contributed by atoms with van der Waals surface area (Å²) in [7, 11) is 0. The standard InChI is InChI=1S/C29H37N3O/c1-4-32(5-2)22-9-6-20(7-10-22)19-30-31-28-15-14-27-26-12-8-21-18-23(33)11-13-24(21)25(26)16-17-29(27,28)3/h6-7,9-11,13,18-19,25-27,33H,4-5,8,12,14-17H2,1-3H3/b30-19-,31-28-/t25-,26+,27+,29+/m0/s1. The van der Waals surface area contributed by atoms with Gasteiger partial charge in [0.2, 0.25) is 0 Å². The fourth-order valence-corrected chi connectivity index (χ4v) is 7.05. The first kappa shape index (κ1) is 22.2. The number of phenolic OH excluding ortho intramolecular Hbond substituents is 1. The van der Waals surface area contributed by atoms with Gasteiger partial charge in [-0.05, 0) is 111 Å². The number of aryl methyl sites for hydroxylation is 1. The quantitative estimate of drug-likeness (QED) is 0.420. The summed E-state index contributed by atoms with van der Waals surface area (Å²) in [5, 5.41) is 19.3. The molecule has 0 aliphatic heterocycles. The van der Waals surface area contributed by atoms with Crippen LogP contribution in [0.5, 0.6) is 5.75 Å². The Morgan fingerprint density at radius 2 is 1.82 bits per heavy atom. The van der Waals surface area contributed by atoms with Crippen molar-refractivity contribution in [3.63, 3.8) is 0 Å². The zero-order chi connectivity index (χ0) is 23.0. The molecule has 3 aliphatic rings. The summed E-state index contributed by atoms with van der Waals surface area (Å²) in [6.07, 6.45) is 8.94. The molecule has 0 saturated heterocycles. The number of fused-ring (bicyclic) bond motifs is 5. The van der Waals surface area contributed by atoms with E-state index in [9.17, 15) is 5.11 Å². The third-order valence-electron chi connectivity index (χ3n) is 8.86. The molecule has 2 aromatic rings. The third-order valence-corrected chi connectivity index (χ3v) is 8.86. The van der Waals surface area contributed by atoms with Crippen molar-refractivity contribution >= 4 is 17.6 Å². The first-order chi connectivity index (χ1) is 16.0. The average molecular weight is 444 g/mol. The maximum Gasteiger partial charge on any atom is 0.115 e. The van der Waals surface area contributed by atoms with E-state index in [4.69, 9.17) is 5.10 Å². The Labute approximate surface area is 198 Å². The maximum absolute atomic E-state index is 9.90. The van der Waals surface area contributed by atoms with Gasteiger partial charge in [0.15, 0.2) is 0 Å². The van der Waals surface area contributed by atoms with Crippen LogP contribution in [0.25, 0.3) is 0 Å². The van der Waals surface area contributed by atoms with Crippen LogP contribution in [0.2, 0.25) is 0 Å². The normalized spacial score (nSPS) is 29.7. The molecule has 2 fully saturated rings. The van der Waals surface area contributed by atoms with E-state index in [0.717, 1.165) is 37.4 Å². The summed E-state index contributed by atoms with van der Waals surface area (Å²) >= 11 is 0. The van der Waals surface area contributed by atoms with Gasteiger partial charge >= 0.3 is 0 Å². The van der Waals surface area contributed by atoms with E-state index >= 15 is 0 Å². The second-order valence-electron chi connectivity index (χ2n) is 10.3. The van der Waals surface area contributed by atoms with Crippen molar-refractivity contribution in [3.05, 3.63) is 59.2 Å². The number of nitrogens with zero attached hydrogens (tertiary/aromatic N) is 3. The Bertz CT molecular complexity index is 1050. The van der Waals surface area contributed by atoms with E-state index in [0.29, 0.717) is 17.6 Å². The van der Waals surface area contributed by atoms with Crippen LogP contribution in [0.3, 0.4) is 0 Å². The zero-order valence-corrected chi connectivity index (χ0v) is 20.3. The van der Waals surface area contributed by atoms with Crippen LogP contribution in [0.4, 0.5) is 5.69 Å². The van der Waals surface area contributed by atoms with Crippen LogP contribution >= 0.6 is 0 Å². The molecule has 3 aliphatic carbocycles. The number of rotatable bonds is 5. The molecule has 174 valence electrons. The molecule has 2 saturated carbocycles. The smallest absolute Gasteiger partial charge is 0.115 e. The van der Waals surface area contributed by atoms with Crippen molar-refractivity contribution in [1.82, 2.24) is 0 Å². The lowest BCUT2D eigenvalue weighted by molar-refractivity contribution is 0.0955. The van der Waals surface area contributed by atoms with E-state index in [1.807, 2.05) is 18.3 Å². The largest absolute Gasteiger partial charge is 0.508 e. The average Bonchev–Trinajstić information content (AvgIpc) is 3.17. The lowest BCUT2D eigenvalue weighted by atomic mass is 9.55. The van der Waals surface area contributed by atoms with Crippen LogP contribution < -0.4 is 4.90 Å². The van der Waals surface area contributed by atoms with Gasteiger partial charge in [-0.1, -0.05) is 25.1 Å². The van der Waals surface area contributed by atoms with E-state index in [1.165, 1.54) is 48.2 Å². The van der Waals surface area contributed by atoms with Crippen LogP contribution in [0, 0.1) is 17.3 Å². The lowest BCUT2D eigenvalue weighted by Crippen LogP contribution is -2.42. The molecular weight excluding hydrogens is 406 g/mol. The van der Waals surface area contributed by atoms with Gasteiger partial charge in [-0.3, -0.25) is 0 Å². The van der Waals surface area contributed by atoms with Crippen LogP contribution in [0.15, 0.2) is 52.7 Å². The summed E-state index contributed by atoms with van der Waals surface area (Å²) in [5.41, 5.74) is 6.70. The molecular formula is C29H37N3O. The predicted molar refractivity (Wildman–Crippen MR) is 138 cm³/mol. The van der Waals surface area contributed by atoms with Crippen LogP contribution in [-0.4, -0.2) is 30.1 Å². The highest BCUT2D eigenvalue weighted by Crippen LogP contribution is 2.60. The molecule has 0 aromatic heterocycles. The molecule has 33 heavy (non-hydrogen) atoms. The molecule has 4 atom stereocenters. The fourth-order valence-electron chi connectivity index (χ4n) is 7.05. The number of benzene rings is 2. The Balaban J connectivity index is 1.31. The first-order valence-corrected chi connectivity index (χ1v) is 12.8. The van der Waals surface area contributed by atoms with E-state index in [-0.39, 0.29) is 5.41 Å². The summed E-state index contributed by atoms with van der Waals surface area (Å²) in [6, 6.07) is 14.7. The minimum atomic E-state index is 0.180. The van der Waals surface area contributed by atoms with Crippen molar-refractivity contribution in [1.29, 1.82) is 0 Å². The summed E-state index contributed by atoms with van der Waals surface area (Å²) < 4.78 is 0. The third kappa shape index (κ3) is 3.98. The molecule has 0 radical (unpaired) electrons. The Kier molecular flexibility index (Phi) is 6.03. The van der Waals surface area contributed by atoms with Crippen molar-refractivity contribution in [3.8, 4) is 5.75 Å². The number of hydrogen-bond donors (Lipinski definition) is 1. The van der Waals surface area contributed by atoms with Gasteiger partial charge in [0.25, 0.3) is 0 Å². The zero-order valence-electron chi connectivity index (χ0n) is 20.3. The fraction of sp³-hybridized carbons (Fsp3) is 0.517. The topological polar surface area (TPSA) is 48.2 Å². The number of phenols is 1. The minimum absolute atomic E-state index is 0.180. The van der Waals surface area contributed by atoms with Gasteiger partial charge in [0.05, 0.1) is 6.21 Å². The second-order valence-corrected chi connectivity index (χ2v) is 10.3. The number of hydrogen-bond acceptors (Lipinski definition) is 4. The highest BCUT2D eigenvalue weighted by atomic mass is 16.3. The van der Waals surface area contributed by atoms with Crippen LogP contribution in [0.1, 0.15) is 75.5 Å². The molecule has 0 spiro atoms. The van der Waals surface area contributed by atoms with Gasteiger partial charge < -0.3 is 10.0 Å². The van der Waals surface area contributed by atoms with Gasteiger partial charge in [-0.2, -0.15) is 10.2 Å². The van der Waals surface area contributed by atoms with Gasteiger partial charge in [0.1, 0.15) is 5.75 Å². The highest BCUT2D eigenvalue weighted by Gasteiger charge is 2.53. The summed E-state index contributed by atoms with van der Waals surface area (Å²) in [5.74, 6) is 2.47. The molecule has 2 aromatic carbocycles. The van der Waals surface area contributed by atoms with Crippen molar-refractivity contribution in [2.45, 2.75) is 65.2 Å². The molecule has 0 amide bonds. The van der Waals surface area contributed by atoms with E-state index in [2.05, 4.69) is 61.1 Å². The summed E-state index contributed by atoms with van der Waals surface area (Å²) in [4.78, 5) is 2.35. The molecule has 0 bridgehead atoms. The lowest BCUT2D eigenvalue weighted by Gasteiger charge is -2.49. The van der Waals surface area contributed by atoms with E-state index in [1.54, 1.807) is 0 Å². The van der Waals surface area contributed by atoms with Crippen molar-refractivity contribution in [2.24, 2.45) is 27.5 Å². The van der Waals surface area contributed by atoms with E-state index < -0.39 is 0 Å². The van der Waals surface area contributed by atoms with Gasteiger partial charge in [-0.25, -0.2) is 0 Å². The molecule has 5 rings (SSSR count). The molecule has 1 N–H and O–H groups in total. The number of aromatic hydroxyl groups is 1. The first-order valence-electron chi connectivity index (χ1n) is 12.8. The second kappa shape index (κ2) is 8.96. The molecule has 0 unspecified atom stereocenters. The predicted octanol–water partition coefficient (Wildman–Crippen LogP) is 6.57. The molecule has 0 heterocycles. The van der Waals surface area contributed by atoms with Gasteiger partial charge in [0, 0.05) is 29.9 Å². The number of anilines is 1. The highest BCUT2D eigenvalue weighted by molar-refractivity contribution is 5.93. The van der Waals surface area contributed by atoms with Gasteiger partial charge in [-0.15, -0.1) is 0 Å². The molecule has 4 nitrogen and oxygen atoms in total. The van der Waals surface area contributed by atoms with Crippen LogP contribution in [-0.2, 0) is 6.42 Å². The summed E-state index contributed by atoms with van der Waals surface area (Å²) in [6.45, 7) is 8.87. The van der Waals surface area contributed by atoms with Crippen molar-refractivity contribution < 1.29 is 5.11 Å². The SMILES string of the molecule is CCN(CC)c1ccc(/C=N\N=C2\CC[C@@H]3[C@@H]4CCc5cc(O)ccc5[C@@H]4CC[C@@]23C)cc1. The monoisotopic (exact) mass is 443 g/mol. The Hall–Kier alpha value is -2.62. The minimum Gasteiger partial charge on any atom is -0.508 e. The maximum atomic E-state index is 9.90. The molecule has 4 heteroatoms. The Morgan fingerprint density at radius 3 is 2.58 bits per heavy atom.